The van der Waals surface area contributed by atoms with Gasteiger partial charge in [0.05, 0.1) is 12.1 Å². The van der Waals surface area contributed by atoms with Crippen LogP contribution < -0.4 is 16.6 Å². The maximum absolute atomic E-state index is 14.0. The van der Waals surface area contributed by atoms with Gasteiger partial charge in [0.15, 0.2) is 0 Å². The number of carbonyl (C=O) groups is 1. The van der Waals surface area contributed by atoms with Crippen LogP contribution in [0, 0.1) is 5.82 Å². The van der Waals surface area contributed by atoms with Gasteiger partial charge in [-0.15, -0.1) is 0 Å². The molecule has 1 atom stereocenters. The van der Waals surface area contributed by atoms with Crippen molar-refractivity contribution in [3.8, 4) is 11.1 Å². The fourth-order valence-electron chi connectivity index (χ4n) is 2.77. The van der Waals surface area contributed by atoms with Crippen molar-refractivity contribution in [2.75, 3.05) is 0 Å². The highest BCUT2D eigenvalue weighted by molar-refractivity contribution is 5.73. The van der Waals surface area contributed by atoms with Crippen molar-refractivity contribution in [1.82, 2.24) is 14.9 Å². The molecule has 8 heteroatoms. The SMILES string of the molecule is O=C(O)[C@H](Cn1cc(-c2ccccc2F)c(=O)[nH]c1=O)NC1CCC1. The molecular formula is C17H18FN3O4. The molecule has 7 nitrogen and oxygen atoms in total. The molecule has 1 aromatic carbocycles. The molecule has 1 aliphatic carbocycles. The number of benzene rings is 1. The zero-order chi connectivity index (χ0) is 18.0. The van der Waals surface area contributed by atoms with Gasteiger partial charge in [0.25, 0.3) is 5.56 Å². The van der Waals surface area contributed by atoms with E-state index in [1.165, 1.54) is 24.4 Å². The fraction of sp³-hybridized carbons (Fsp3) is 0.353. The van der Waals surface area contributed by atoms with Crippen LogP contribution in [0.4, 0.5) is 4.39 Å². The molecule has 1 aromatic heterocycles. The van der Waals surface area contributed by atoms with E-state index < -0.39 is 29.1 Å². The summed E-state index contributed by atoms with van der Waals surface area (Å²) in [6, 6.07) is 4.85. The van der Waals surface area contributed by atoms with Crippen molar-refractivity contribution in [2.45, 2.75) is 37.9 Å². The van der Waals surface area contributed by atoms with Crippen molar-refractivity contribution in [2.24, 2.45) is 0 Å². The lowest BCUT2D eigenvalue weighted by molar-refractivity contribution is -0.140. The molecule has 2 aromatic rings. The summed E-state index contributed by atoms with van der Waals surface area (Å²) in [7, 11) is 0. The average Bonchev–Trinajstić information content (AvgIpc) is 2.52. The maximum atomic E-state index is 14.0. The summed E-state index contributed by atoms with van der Waals surface area (Å²) in [6.07, 6.45) is 4.04. The molecule has 0 amide bonds. The molecule has 0 bridgehead atoms. The molecule has 3 N–H and O–H groups in total. The number of rotatable bonds is 6. The van der Waals surface area contributed by atoms with Gasteiger partial charge in [0.1, 0.15) is 11.9 Å². The Morgan fingerprint density at radius 3 is 2.64 bits per heavy atom. The molecule has 1 saturated carbocycles. The monoisotopic (exact) mass is 347 g/mol. The Kier molecular flexibility index (Phi) is 4.80. The van der Waals surface area contributed by atoms with E-state index >= 15 is 0 Å². The van der Waals surface area contributed by atoms with Crippen LogP contribution in [0.15, 0.2) is 40.1 Å². The summed E-state index contributed by atoms with van der Waals surface area (Å²) >= 11 is 0. The van der Waals surface area contributed by atoms with Crippen molar-refractivity contribution >= 4 is 5.97 Å². The standard InChI is InChI=1S/C17H18FN3O4/c18-13-7-2-1-6-11(13)12-8-21(17(25)20-15(12)22)9-14(16(23)24)19-10-4-3-5-10/h1-2,6-8,10,14,19H,3-5,9H2,(H,23,24)(H,20,22,25)/t14-/m0/s1. The number of H-pyrrole nitrogens is 1. The Labute approximate surface area is 142 Å². The molecule has 0 saturated heterocycles. The van der Waals surface area contributed by atoms with Crippen molar-refractivity contribution < 1.29 is 14.3 Å². The fourth-order valence-corrected chi connectivity index (χ4v) is 2.77. The van der Waals surface area contributed by atoms with Crippen molar-refractivity contribution in [1.29, 1.82) is 0 Å². The minimum absolute atomic E-state index is 0.0227. The molecule has 132 valence electrons. The molecule has 0 radical (unpaired) electrons. The summed E-state index contributed by atoms with van der Waals surface area (Å²) in [5.41, 5.74) is -1.42. The van der Waals surface area contributed by atoms with E-state index in [4.69, 9.17) is 0 Å². The first-order valence-corrected chi connectivity index (χ1v) is 8.03. The zero-order valence-electron chi connectivity index (χ0n) is 13.4. The van der Waals surface area contributed by atoms with E-state index in [0.29, 0.717) is 0 Å². The van der Waals surface area contributed by atoms with Crippen molar-refractivity contribution in [3.05, 3.63) is 57.1 Å². The normalized spacial score (nSPS) is 15.6. The molecule has 3 rings (SSSR count). The molecule has 0 unspecified atom stereocenters. The summed E-state index contributed by atoms with van der Waals surface area (Å²) < 4.78 is 15.0. The predicted molar refractivity (Wildman–Crippen MR) is 88.9 cm³/mol. The van der Waals surface area contributed by atoms with Crippen LogP contribution in [0.5, 0.6) is 0 Å². The summed E-state index contributed by atoms with van der Waals surface area (Å²) in [4.78, 5) is 37.6. The van der Waals surface area contributed by atoms with Crippen LogP contribution in [-0.4, -0.2) is 32.7 Å². The molecule has 25 heavy (non-hydrogen) atoms. The highest BCUT2D eigenvalue weighted by atomic mass is 19.1. The van der Waals surface area contributed by atoms with E-state index in [1.807, 2.05) is 0 Å². The van der Waals surface area contributed by atoms with E-state index in [-0.39, 0.29) is 23.7 Å². The number of aromatic nitrogens is 2. The zero-order valence-corrected chi connectivity index (χ0v) is 13.4. The van der Waals surface area contributed by atoms with E-state index in [0.717, 1.165) is 23.8 Å². The summed E-state index contributed by atoms with van der Waals surface area (Å²) in [6.45, 7) is -0.164. The first kappa shape index (κ1) is 17.1. The van der Waals surface area contributed by atoms with E-state index in [2.05, 4.69) is 10.3 Å². The highest BCUT2D eigenvalue weighted by Crippen LogP contribution is 2.20. The lowest BCUT2D eigenvalue weighted by Gasteiger charge is -2.30. The average molecular weight is 347 g/mol. The topological polar surface area (TPSA) is 104 Å². The molecule has 1 fully saturated rings. The minimum atomic E-state index is -1.09. The van der Waals surface area contributed by atoms with Crippen LogP contribution in [0.3, 0.4) is 0 Å². The van der Waals surface area contributed by atoms with Gasteiger partial charge >= 0.3 is 11.7 Å². The molecule has 0 aliphatic heterocycles. The number of hydrogen-bond donors (Lipinski definition) is 3. The number of hydrogen-bond acceptors (Lipinski definition) is 4. The quantitative estimate of drug-likeness (QED) is 0.721. The van der Waals surface area contributed by atoms with Crippen LogP contribution >= 0.6 is 0 Å². The Bertz CT molecular complexity index is 901. The smallest absolute Gasteiger partial charge is 0.328 e. The van der Waals surface area contributed by atoms with Gasteiger partial charge in [-0.3, -0.25) is 19.1 Å². The number of carboxylic acid groups (broad SMARTS) is 1. The third-order valence-corrected chi connectivity index (χ3v) is 4.39. The second-order valence-electron chi connectivity index (χ2n) is 6.12. The van der Waals surface area contributed by atoms with E-state index in [9.17, 15) is 23.9 Å². The van der Waals surface area contributed by atoms with E-state index in [1.54, 1.807) is 6.07 Å². The number of aromatic amines is 1. The van der Waals surface area contributed by atoms with Gasteiger partial charge < -0.3 is 10.4 Å². The Hall–Kier alpha value is -2.74. The summed E-state index contributed by atoms with van der Waals surface area (Å²) in [5.74, 6) is -1.68. The predicted octanol–water partition coefficient (Wildman–Crippen LogP) is 0.938. The first-order valence-electron chi connectivity index (χ1n) is 8.03. The molecular weight excluding hydrogens is 329 g/mol. The first-order chi connectivity index (χ1) is 12.0. The number of aliphatic carboxylic acids is 1. The number of halogens is 1. The molecule has 0 spiro atoms. The Morgan fingerprint density at radius 2 is 2.04 bits per heavy atom. The van der Waals surface area contributed by atoms with Gasteiger partial charge in [0.2, 0.25) is 0 Å². The molecule has 1 heterocycles. The lowest BCUT2D eigenvalue weighted by atomic mass is 9.92. The van der Waals surface area contributed by atoms with Crippen molar-refractivity contribution in [3.63, 3.8) is 0 Å². The van der Waals surface area contributed by atoms with Gasteiger partial charge in [-0.2, -0.15) is 0 Å². The van der Waals surface area contributed by atoms with Crippen LogP contribution in [0.1, 0.15) is 19.3 Å². The Morgan fingerprint density at radius 1 is 1.32 bits per heavy atom. The second-order valence-corrected chi connectivity index (χ2v) is 6.12. The third-order valence-electron chi connectivity index (χ3n) is 4.39. The summed E-state index contributed by atoms with van der Waals surface area (Å²) in [5, 5.41) is 12.4. The van der Waals surface area contributed by atoms with Gasteiger partial charge in [-0.1, -0.05) is 24.6 Å². The van der Waals surface area contributed by atoms with Crippen LogP contribution in [0.25, 0.3) is 11.1 Å². The van der Waals surface area contributed by atoms with Gasteiger partial charge in [-0.05, 0) is 18.9 Å². The van der Waals surface area contributed by atoms with Crippen LogP contribution in [0.2, 0.25) is 0 Å². The lowest BCUT2D eigenvalue weighted by Crippen LogP contribution is -2.50. The number of carboxylic acids is 1. The minimum Gasteiger partial charge on any atom is -0.480 e. The number of nitrogens with zero attached hydrogens (tertiary/aromatic N) is 1. The largest absolute Gasteiger partial charge is 0.480 e. The van der Waals surface area contributed by atoms with Gasteiger partial charge in [0, 0.05) is 17.8 Å². The second kappa shape index (κ2) is 7.02. The van der Waals surface area contributed by atoms with Crippen LogP contribution in [-0.2, 0) is 11.3 Å². The number of nitrogens with one attached hydrogen (secondary N) is 2. The highest BCUT2D eigenvalue weighted by Gasteiger charge is 2.26. The third kappa shape index (κ3) is 3.69. The van der Waals surface area contributed by atoms with Gasteiger partial charge in [-0.25, -0.2) is 9.18 Å². The molecule has 1 aliphatic rings. The maximum Gasteiger partial charge on any atom is 0.328 e. The Balaban J connectivity index is 1.94.